The van der Waals surface area contributed by atoms with E-state index in [1.807, 2.05) is 27.7 Å². The fourth-order valence-electron chi connectivity index (χ4n) is 4.71. The summed E-state index contributed by atoms with van der Waals surface area (Å²) < 4.78 is 30.6. The second-order valence-electron chi connectivity index (χ2n) is 8.48. The van der Waals surface area contributed by atoms with Crippen molar-refractivity contribution in [2.45, 2.75) is 70.3 Å². The smallest absolute Gasteiger partial charge is 0.188 e. The highest BCUT2D eigenvalue weighted by Gasteiger charge is 2.59. The Bertz CT molecular complexity index is 753. The molecule has 26 heavy (non-hydrogen) atoms. The molecule has 0 N–H and O–H groups in total. The summed E-state index contributed by atoms with van der Waals surface area (Å²) in [4.78, 5) is 0. The summed E-state index contributed by atoms with van der Waals surface area (Å²) in [5, 5.41) is 0. The van der Waals surface area contributed by atoms with Gasteiger partial charge in [-0.15, -0.1) is 0 Å². The van der Waals surface area contributed by atoms with Crippen LogP contribution in [0.15, 0.2) is 30.3 Å². The second-order valence-corrected chi connectivity index (χ2v) is 8.48. The molecule has 140 valence electrons. The molecule has 4 aliphatic rings. The molecule has 3 saturated heterocycles. The Labute approximate surface area is 154 Å². The summed E-state index contributed by atoms with van der Waals surface area (Å²) in [6.07, 6.45) is 2.46. The Hall–Kier alpha value is -1.24. The van der Waals surface area contributed by atoms with Gasteiger partial charge in [0.1, 0.15) is 12.2 Å². The standard InChI is InChI=1S/C21H26O5/c1-20(2)22-11-15(24-20)17-16(18-19(23-17)26-21(3,4)25-18)14-10-9-12-7-5-6-8-13(12)14/h5-8,10,15-19H,9,11H2,1-4H3/t15-,16+,17-,18-,19-/m1/s1. The first-order chi connectivity index (χ1) is 12.3. The summed E-state index contributed by atoms with van der Waals surface area (Å²) in [5.41, 5.74) is 3.93. The molecule has 1 aromatic carbocycles. The SMILES string of the molecule is CC1(C)O[C@H]2O[C@H]([C@H]3COC(C)(C)O3)[C@H](C3=CCc4ccccc43)[C@H]2O1. The van der Waals surface area contributed by atoms with Gasteiger partial charge in [-0.25, -0.2) is 0 Å². The van der Waals surface area contributed by atoms with E-state index < -0.39 is 11.6 Å². The van der Waals surface area contributed by atoms with E-state index in [4.69, 9.17) is 23.7 Å². The van der Waals surface area contributed by atoms with Gasteiger partial charge in [0.05, 0.1) is 12.7 Å². The molecule has 0 saturated carbocycles. The van der Waals surface area contributed by atoms with E-state index in [1.54, 1.807) is 0 Å². The molecule has 0 spiro atoms. The number of hydrogen-bond donors (Lipinski definition) is 0. The largest absolute Gasteiger partial charge is 0.348 e. The highest BCUT2D eigenvalue weighted by atomic mass is 16.8. The van der Waals surface area contributed by atoms with Crippen LogP contribution in [0.1, 0.15) is 38.8 Å². The number of hydrogen-bond acceptors (Lipinski definition) is 5. The lowest BCUT2D eigenvalue weighted by Gasteiger charge is -2.30. The first kappa shape index (κ1) is 16.9. The number of allylic oxidation sites excluding steroid dienone is 1. The monoisotopic (exact) mass is 358 g/mol. The van der Waals surface area contributed by atoms with Crippen LogP contribution in [-0.2, 0) is 30.1 Å². The molecule has 3 fully saturated rings. The Kier molecular flexibility index (Phi) is 3.66. The van der Waals surface area contributed by atoms with Crippen molar-refractivity contribution in [1.29, 1.82) is 0 Å². The molecule has 1 aliphatic carbocycles. The van der Waals surface area contributed by atoms with Gasteiger partial charge in [0.25, 0.3) is 0 Å². The molecule has 0 aromatic heterocycles. The molecule has 0 bridgehead atoms. The number of ether oxygens (including phenoxy) is 5. The van der Waals surface area contributed by atoms with Crippen LogP contribution in [0.25, 0.3) is 5.57 Å². The molecular formula is C21H26O5. The zero-order valence-corrected chi connectivity index (χ0v) is 15.7. The zero-order valence-electron chi connectivity index (χ0n) is 15.7. The van der Waals surface area contributed by atoms with Crippen molar-refractivity contribution in [2.24, 2.45) is 5.92 Å². The minimum atomic E-state index is -0.635. The van der Waals surface area contributed by atoms with E-state index >= 15 is 0 Å². The molecule has 1 aromatic rings. The van der Waals surface area contributed by atoms with E-state index in [-0.39, 0.29) is 30.5 Å². The van der Waals surface area contributed by atoms with Crippen LogP contribution in [0.2, 0.25) is 0 Å². The summed E-state index contributed by atoms with van der Waals surface area (Å²) in [5.74, 6) is -1.16. The fourth-order valence-corrected chi connectivity index (χ4v) is 4.71. The maximum atomic E-state index is 6.35. The summed E-state index contributed by atoms with van der Waals surface area (Å²) >= 11 is 0. The average molecular weight is 358 g/mol. The van der Waals surface area contributed by atoms with Gasteiger partial charge in [0.15, 0.2) is 17.9 Å². The van der Waals surface area contributed by atoms with E-state index in [0.29, 0.717) is 6.61 Å². The predicted molar refractivity (Wildman–Crippen MR) is 95.2 cm³/mol. The Morgan fingerprint density at radius 3 is 2.50 bits per heavy atom. The van der Waals surface area contributed by atoms with Crippen molar-refractivity contribution in [1.82, 2.24) is 0 Å². The van der Waals surface area contributed by atoms with Gasteiger partial charge in [-0.1, -0.05) is 30.3 Å². The minimum absolute atomic E-state index is 0.0629. The average Bonchev–Trinajstić information content (AvgIpc) is 3.28. The second kappa shape index (κ2) is 5.63. The third-order valence-corrected chi connectivity index (χ3v) is 5.71. The van der Waals surface area contributed by atoms with Crippen molar-refractivity contribution in [3.8, 4) is 0 Å². The highest BCUT2D eigenvalue weighted by molar-refractivity contribution is 5.75. The van der Waals surface area contributed by atoms with Crippen LogP contribution in [0.3, 0.4) is 0 Å². The summed E-state index contributed by atoms with van der Waals surface area (Å²) in [6, 6.07) is 8.56. The molecule has 5 nitrogen and oxygen atoms in total. The molecule has 5 rings (SSSR count). The number of fused-ring (bicyclic) bond motifs is 2. The molecule has 0 radical (unpaired) electrons. The number of rotatable bonds is 2. The van der Waals surface area contributed by atoms with Gasteiger partial charge >= 0.3 is 0 Å². The van der Waals surface area contributed by atoms with Crippen LogP contribution < -0.4 is 0 Å². The molecule has 0 amide bonds. The van der Waals surface area contributed by atoms with Crippen molar-refractivity contribution >= 4 is 5.57 Å². The van der Waals surface area contributed by atoms with E-state index in [1.165, 1.54) is 16.7 Å². The predicted octanol–water partition coefficient (Wildman–Crippen LogP) is 3.27. The third-order valence-electron chi connectivity index (χ3n) is 5.71. The van der Waals surface area contributed by atoms with Crippen molar-refractivity contribution in [2.75, 3.05) is 6.61 Å². The van der Waals surface area contributed by atoms with Crippen LogP contribution in [0.5, 0.6) is 0 Å². The van der Waals surface area contributed by atoms with Gasteiger partial charge in [0.2, 0.25) is 0 Å². The normalized spacial score (nSPS) is 39.7. The fraction of sp³-hybridized carbons (Fsp3) is 0.619. The van der Waals surface area contributed by atoms with Crippen LogP contribution in [0.4, 0.5) is 0 Å². The van der Waals surface area contributed by atoms with Crippen LogP contribution in [-0.4, -0.2) is 42.8 Å². The molecule has 3 heterocycles. The highest BCUT2D eigenvalue weighted by Crippen LogP contribution is 2.50. The van der Waals surface area contributed by atoms with Gasteiger partial charge in [0, 0.05) is 5.92 Å². The van der Waals surface area contributed by atoms with E-state index in [9.17, 15) is 0 Å². The number of benzene rings is 1. The van der Waals surface area contributed by atoms with Crippen molar-refractivity contribution in [3.63, 3.8) is 0 Å². The van der Waals surface area contributed by atoms with Crippen molar-refractivity contribution < 1.29 is 23.7 Å². The Morgan fingerprint density at radius 2 is 1.73 bits per heavy atom. The lowest BCUT2D eigenvalue weighted by molar-refractivity contribution is -0.224. The summed E-state index contributed by atoms with van der Waals surface area (Å²) in [7, 11) is 0. The Morgan fingerprint density at radius 1 is 0.923 bits per heavy atom. The molecule has 5 atom stereocenters. The molecular weight excluding hydrogens is 332 g/mol. The topological polar surface area (TPSA) is 46.2 Å². The van der Waals surface area contributed by atoms with Gasteiger partial charge in [-0.2, -0.15) is 0 Å². The first-order valence-corrected chi connectivity index (χ1v) is 9.44. The molecule has 5 heteroatoms. The van der Waals surface area contributed by atoms with Gasteiger partial charge < -0.3 is 23.7 Å². The van der Waals surface area contributed by atoms with Gasteiger partial charge in [-0.05, 0) is 50.8 Å². The Balaban J connectivity index is 1.50. The molecule has 3 aliphatic heterocycles. The zero-order chi connectivity index (χ0) is 18.1. The van der Waals surface area contributed by atoms with E-state index in [2.05, 4.69) is 30.3 Å². The lowest BCUT2D eigenvalue weighted by atomic mass is 9.84. The van der Waals surface area contributed by atoms with Crippen LogP contribution >= 0.6 is 0 Å². The van der Waals surface area contributed by atoms with Crippen molar-refractivity contribution in [3.05, 3.63) is 41.5 Å². The lowest BCUT2D eigenvalue weighted by Crippen LogP contribution is -2.39. The quantitative estimate of drug-likeness (QED) is 0.812. The van der Waals surface area contributed by atoms with E-state index in [0.717, 1.165) is 6.42 Å². The van der Waals surface area contributed by atoms with Gasteiger partial charge in [-0.3, -0.25) is 0 Å². The maximum absolute atomic E-state index is 6.35. The van der Waals surface area contributed by atoms with Crippen LogP contribution in [0, 0.1) is 5.92 Å². The third kappa shape index (κ3) is 2.65. The maximum Gasteiger partial charge on any atom is 0.188 e. The molecule has 0 unspecified atom stereocenters. The first-order valence-electron chi connectivity index (χ1n) is 9.44. The summed E-state index contributed by atoms with van der Waals surface area (Å²) in [6.45, 7) is 8.29. The minimum Gasteiger partial charge on any atom is -0.348 e.